The number of nitrogen functional groups attached to an aromatic ring is 1. The molecule has 0 saturated carbocycles. The summed E-state index contributed by atoms with van der Waals surface area (Å²) in [6.07, 6.45) is -4.84. The Bertz CT molecular complexity index is 354. The molecule has 1 rings (SSSR count). The van der Waals surface area contributed by atoms with Crippen LogP contribution in [0.3, 0.4) is 0 Å². The molecule has 0 fully saturated rings. The molecule has 0 atom stereocenters. The second-order valence-corrected chi connectivity index (χ2v) is 3.24. The van der Waals surface area contributed by atoms with Crippen LogP contribution in [0.1, 0.15) is 0 Å². The molecule has 0 saturated heterocycles. The molecule has 3 nitrogen and oxygen atoms in total. The van der Waals surface area contributed by atoms with E-state index in [1.54, 1.807) is 0 Å². The molecule has 7 heteroatoms. The number of ether oxygens (including phenoxy) is 1. The number of anilines is 1. The van der Waals surface area contributed by atoms with E-state index in [-0.39, 0.29) is 10.2 Å². The van der Waals surface area contributed by atoms with Crippen LogP contribution < -0.4 is 10.5 Å². The number of alkyl halides is 3. The largest absolute Gasteiger partial charge is 0.573 e. The van der Waals surface area contributed by atoms with Crippen molar-refractivity contribution in [3.8, 4) is 11.5 Å². The summed E-state index contributed by atoms with van der Waals surface area (Å²) in [7, 11) is 0. The van der Waals surface area contributed by atoms with Gasteiger partial charge in [0.1, 0.15) is 0 Å². The van der Waals surface area contributed by atoms with Crippen molar-refractivity contribution < 1.29 is 23.0 Å². The monoisotopic (exact) mass is 271 g/mol. The van der Waals surface area contributed by atoms with Crippen molar-refractivity contribution >= 4 is 21.6 Å². The number of phenolic OH excluding ortho intramolecular Hbond substituents is 1. The Hall–Kier alpha value is -1.11. The van der Waals surface area contributed by atoms with E-state index in [1.807, 2.05) is 0 Å². The molecular weight excluding hydrogens is 267 g/mol. The third-order valence-electron chi connectivity index (χ3n) is 1.30. The fourth-order valence-corrected chi connectivity index (χ4v) is 1.09. The van der Waals surface area contributed by atoms with Crippen molar-refractivity contribution in [1.29, 1.82) is 0 Å². The minimum atomic E-state index is -4.84. The van der Waals surface area contributed by atoms with Gasteiger partial charge in [-0.2, -0.15) is 0 Å². The quantitative estimate of drug-likeness (QED) is 0.772. The highest BCUT2D eigenvalue weighted by Crippen LogP contribution is 2.36. The molecule has 3 N–H and O–H groups in total. The third kappa shape index (κ3) is 2.69. The van der Waals surface area contributed by atoms with E-state index < -0.39 is 17.9 Å². The normalized spacial score (nSPS) is 11.4. The van der Waals surface area contributed by atoms with Gasteiger partial charge in [-0.15, -0.1) is 13.2 Å². The van der Waals surface area contributed by atoms with Gasteiger partial charge in [-0.3, -0.25) is 0 Å². The summed E-state index contributed by atoms with van der Waals surface area (Å²) < 4.78 is 39.1. The first-order valence-corrected chi connectivity index (χ1v) is 4.12. The number of hydrogen-bond donors (Lipinski definition) is 2. The zero-order valence-corrected chi connectivity index (χ0v) is 8.19. The molecule has 78 valence electrons. The molecule has 0 amide bonds. The Morgan fingerprint density at radius 2 is 1.93 bits per heavy atom. The van der Waals surface area contributed by atoms with Crippen molar-refractivity contribution in [2.45, 2.75) is 6.36 Å². The van der Waals surface area contributed by atoms with Gasteiger partial charge in [0.25, 0.3) is 0 Å². The van der Waals surface area contributed by atoms with Gasteiger partial charge in [0, 0.05) is 22.3 Å². The minimum Gasteiger partial charge on any atom is -0.504 e. The van der Waals surface area contributed by atoms with Gasteiger partial charge in [-0.1, -0.05) is 0 Å². The lowest BCUT2D eigenvalue weighted by Gasteiger charge is -2.11. The number of rotatable bonds is 1. The average Bonchev–Trinajstić information content (AvgIpc) is 1.97. The summed E-state index contributed by atoms with van der Waals surface area (Å²) in [5.74, 6) is -1.36. The Balaban J connectivity index is 3.04. The average molecular weight is 272 g/mol. The van der Waals surface area contributed by atoms with Gasteiger partial charge in [0.05, 0.1) is 0 Å². The molecule has 0 aliphatic carbocycles. The molecule has 1 aromatic rings. The van der Waals surface area contributed by atoms with Gasteiger partial charge in [0.2, 0.25) is 0 Å². The Kier molecular flexibility index (Phi) is 2.79. The summed E-state index contributed by atoms with van der Waals surface area (Å²) in [5.41, 5.74) is 5.43. The lowest BCUT2D eigenvalue weighted by molar-refractivity contribution is -0.275. The van der Waals surface area contributed by atoms with Gasteiger partial charge < -0.3 is 15.6 Å². The van der Waals surface area contributed by atoms with E-state index in [4.69, 9.17) is 10.8 Å². The molecule has 0 unspecified atom stereocenters. The van der Waals surface area contributed by atoms with E-state index in [0.29, 0.717) is 0 Å². The van der Waals surface area contributed by atoms with E-state index in [0.717, 1.165) is 12.1 Å². The van der Waals surface area contributed by atoms with Gasteiger partial charge in [0.15, 0.2) is 11.5 Å². The van der Waals surface area contributed by atoms with Crippen LogP contribution in [0.4, 0.5) is 18.9 Å². The van der Waals surface area contributed by atoms with Crippen LogP contribution in [0, 0.1) is 0 Å². The van der Waals surface area contributed by atoms with E-state index in [1.165, 1.54) is 0 Å². The second-order valence-electron chi connectivity index (χ2n) is 2.39. The maximum Gasteiger partial charge on any atom is 0.573 e. The van der Waals surface area contributed by atoms with E-state index >= 15 is 0 Å². The highest BCUT2D eigenvalue weighted by molar-refractivity contribution is 9.10. The van der Waals surface area contributed by atoms with E-state index in [2.05, 4.69) is 20.7 Å². The molecule has 0 spiro atoms. The smallest absolute Gasteiger partial charge is 0.504 e. The fraction of sp³-hybridized carbons (Fsp3) is 0.143. The first kappa shape index (κ1) is 11.0. The van der Waals surface area contributed by atoms with Gasteiger partial charge in [-0.25, -0.2) is 0 Å². The standard InChI is InChI=1S/C7H5BrF3NO2/c8-3-1-6(14-7(9,10)11)5(13)2-4(3)12/h1-2,13H,12H2. The lowest BCUT2D eigenvalue weighted by atomic mass is 10.3. The first-order chi connectivity index (χ1) is 6.29. The predicted octanol–water partition coefficient (Wildman–Crippen LogP) is 2.64. The summed E-state index contributed by atoms with van der Waals surface area (Å²) in [4.78, 5) is 0. The van der Waals surface area contributed by atoms with Crippen molar-refractivity contribution in [3.05, 3.63) is 16.6 Å². The highest BCUT2D eigenvalue weighted by atomic mass is 79.9. The lowest BCUT2D eigenvalue weighted by Crippen LogP contribution is -2.17. The number of aromatic hydroxyl groups is 1. The van der Waals surface area contributed by atoms with Crippen LogP contribution in [-0.4, -0.2) is 11.5 Å². The van der Waals surface area contributed by atoms with Crippen LogP contribution in [0.15, 0.2) is 16.6 Å². The molecule has 0 aliphatic heterocycles. The topological polar surface area (TPSA) is 55.5 Å². The molecule has 0 aromatic heterocycles. The van der Waals surface area contributed by atoms with Gasteiger partial charge >= 0.3 is 6.36 Å². The Labute approximate surface area is 85.4 Å². The number of benzene rings is 1. The summed E-state index contributed by atoms with van der Waals surface area (Å²) in [6.45, 7) is 0. The SMILES string of the molecule is Nc1cc(O)c(OC(F)(F)F)cc1Br. The molecule has 0 bridgehead atoms. The second kappa shape index (κ2) is 3.56. The van der Waals surface area contributed by atoms with Gasteiger partial charge in [-0.05, 0) is 15.9 Å². The zero-order chi connectivity index (χ0) is 10.9. The first-order valence-electron chi connectivity index (χ1n) is 3.33. The van der Waals surface area contributed by atoms with Crippen LogP contribution in [0.2, 0.25) is 0 Å². The minimum absolute atomic E-state index is 0.122. The number of nitrogens with two attached hydrogens (primary N) is 1. The van der Waals surface area contributed by atoms with Crippen molar-refractivity contribution in [2.75, 3.05) is 5.73 Å². The maximum atomic E-state index is 11.8. The summed E-state index contributed by atoms with van der Waals surface area (Å²) >= 11 is 2.90. The molecule has 0 heterocycles. The predicted molar refractivity (Wildman–Crippen MR) is 46.9 cm³/mol. The number of halogens is 4. The highest BCUT2D eigenvalue weighted by Gasteiger charge is 2.32. The van der Waals surface area contributed by atoms with Crippen molar-refractivity contribution in [2.24, 2.45) is 0 Å². The third-order valence-corrected chi connectivity index (χ3v) is 1.99. The van der Waals surface area contributed by atoms with Crippen LogP contribution in [0.5, 0.6) is 11.5 Å². The van der Waals surface area contributed by atoms with E-state index in [9.17, 15) is 13.2 Å². The molecular formula is C7H5BrF3NO2. The molecule has 1 aromatic carbocycles. The van der Waals surface area contributed by atoms with Crippen LogP contribution >= 0.6 is 15.9 Å². The fourth-order valence-electron chi connectivity index (χ4n) is 0.766. The molecule has 0 aliphatic rings. The Morgan fingerprint density at radius 1 is 1.36 bits per heavy atom. The zero-order valence-electron chi connectivity index (χ0n) is 6.60. The van der Waals surface area contributed by atoms with Crippen LogP contribution in [0.25, 0.3) is 0 Å². The van der Waals surface area contributed by atoms with Crippen molar-refractivity contribution in [3.63, 3.8) is 0 Å². The number of hydrogen-bond acceptors (Lipinski definition) is 3. The molecule has 0 radical (unpaired) electrons. The summed E-state index contributed by atoms with van der Waals surface area (Å²) in [6, 6.07) is 1.91. The summed E-state index contributed by atoms with van der Waals surface area (Å²) in [5, 5.41) is 9.05. The maximum absolute atomic E-state index is 11.8. The van der Waals surface area contributed by atoms with Crippen molar-refractivity contribution in [1.82, 2.24) is 0 Å². The Morgan fingerprint density at radius 3 is 2.43 bits per heavy atom. The number of phenols is 1. The van der Waals surface area contributed by atoms with Crippen LogP contribution in [-0.2, 0) is 0 Å². The molecule has 14 heavy (non-hydrogen) atoms.